The zero-order valence-electron chi connectivity index (χ0n) is 15.1. The van der Waals surface area contributed by atoms with Crippen molar-refractivity contribution in [2.45, 2.75) is 65.5 Å². The van der Waals surface area contributed by atoms with Crippen LogP contribution in [0.25, 0.3) is 0 Å². The Morgan fingerprint density at radius 3 is 2.48 bits per heavy atom. The quantitative estimate of drug-likeness (QED) is 0.858. The highest BCUT2D eigenvalue weighted by Crippen LogP contribution is 2.26. The molecule has 0 spiro atoms. The minimum Gasteiger partial charge on any atom is -0.343 e. The fourth-order valence-corrected chi connectivity index (χ4v) is 3.54. The molecule has 0 bridgehead atoms. The average molecular weight is 316 g/mol. The number of benzene rings is 1. The summed E-state index contributed by atoms with van der Waals surface area (Å²) in [5, 5.41) is 3.88. The maximum absolute atomic E-state index is 11.8. The third-order valence-corrected chi connectivity index (χ3v) is 4.86. The first-order chi connectivity index (χ1) is 11.0. The van der Waals surface area contributed by atoms with Crippen LogP contribution in [-0.4, -0.2) is 29.9 Å². The van der Waals surface area contributed by atoms with Crippen molar-refractivity contribution in [2.24, 2.45) is 5.92 Å². The van der Waals surface area contributed by atoms with Gasteiger partial charge in [-0.3, -0.25) is 4.79 Å². The molecule has 1 aliphatic heterocycles. The highest BCUT2D eigenvalue weighted by Gasteiger charge is 2.25. The molecule has 128 valence electrons. The van der Waals surface area contributed by atoms with Gasteiger partial charge < -0.3 is 10.2 Å². The summed E-state index contributed by atoms with van der Waals surface area (Å²) in [6.07, 6.45) is 3.90. The lowest BCUT2D eigenvalue weighted by atomic mass is 9.92. The lowest BCUT2D eigenvalue weighted by molar-refractivity contribution is -0.131. The SMILES string of the molecule is CCC(=O)N1CCC(NC(CC(C)C)c2ccccc2C)CC1. The summed E-state index contributed by atoms with van der Waals surface area (Å²) in [5.41, 5.74) is 2.79. The fourth-order valence-electron chi connectivity index (χ4n) is 3.54. The normalized spacial score (nSPS) is 17.5. The second-order valence-corrected chi connectivity index (χ2v) is 7.21. The van der Waals surface area contributed by atoms with E-state index in [0.717, 1.165) is 32.4 Å². The molecule has 0 radical (unpaired) electrons. The minimum absolute atomic E-state index is 0.293. The molecule has 23 heavy (non-hydrogen) atoms. The Labute approximate surface area is 141 Å². The predicted molar refractivity (Wildman–Crippen MR) is 96.4 cm³/mol. The highest BCUT2D eigenvalue weighted by atomic mass is 16.2. The van der Waals surface area contributed by atoms with Gasteiger partial charge in [0.25, 0.3) is 0 Å². The number of carbonyl (C=O) groups excluding carboxylic acids is 1. The first-order valence-electron chi connectivity index (χ1n) is 9.10. The van der Waals surface area contributed by atoms with E-state index < -0.39 is 0 Å². The number of aryl methyl sites for hydroxylation is 1. The molecule has 3 nitrogen and oxygen atoms in total. The Kier molecular flexibility index (Phi) is 6.64. The van der Waals surface area contributed by atoms with E-state index >= 15 is 0 Å². The number of rotatable bonds is 6. The van der Waals surface area contributed by atoms with Crippen molar-refractivity contribution >= 4 is 5.91 Å². The molecule has 0 saturated carbocycles. The van der Waals surface area contributed by atoms with Crippen molar-refractivity contribution in [2.75, 3.05) is 13.1 Å². The minimum atomic E-state index is 0.293. The molecular weight excluding hydrogens is 284 g/mol. The fraction of sp³-hybridized carbons (Fsp3) is 0.650. The van der Waals surface area contributed by atoms with Gasteiger partial charge in [-0.2, -0.15) is 0 Å². The van der Waals surface area contributed by atoms with Crippen molar-refractivity contribution in [1.29, 1.82) is 0 Å². The van der Waals surface area contributed by atoms with Gasteiger partial charge in [-0.1, -0.05) is 45.0 Å². The predicted octanol–water partition coefficient (Wildman–Crippen LogP) is 4.07. The van der Waals surface area contributed by atoms with E-state index in [1.807, 2.05) is 11.8 Å². The van der Waals surface area contributed by atoms with Crippen LogP contribution >= 0.6 is 0 Å². The first-order valence-corrected chi connectivity index (χ1v) is 9.10. The molecule has 1 unspecified atom stereocenters. The Bertz CT molecular complexity index is 504. The molecule has 1 aliphatic rings. The second kappa shape index (κ2) is 8.49. The zero-order valence-corrected chi connectivity index (χ0v) is 15.1. The number of hydrogen-bond donors (Lipinski definition) is 1. The van der Waals surface area contributed by atoms with Crippen LogP contribution in [0.3, 0.4) is 0 Å². The van der Waals surface area contributed by atoms with Crippen LogP contribution in [0.5, 0.6) is 0 Å². The molecule has 3 heteroatoms. The maximum atomic E-state index is 11.8. The van der Waals surface area contributed by atoms with E-state index in [1.54, 1.807) is 0 Å². The number of amides is 1. The van der Waals surface area contributed by atoms with Gasteiger partial charge in [0.15, 0.2) is 0 Å². The molecule has 1 fully saturated rings. The van der Waals surface area contributed by atoms with E-state index in [4.69, 9.17) is 0 Å². The molecule has 1 atom stereocenters. The third-order valence-electron chi connectivity index (χ3n) is 4.86. The van der Waals surface area contributed by atoms with Gasteiger partial charge >= 0.3 is 0 Å². The zero-order chi connectivity index (χ0) is 16.8. The van der Waals surface area contributed by atoms with Gasteiger partial charge in [0.05, 0.1) is 0 Å². The summed E-state index contributed by atoms with van der Waals surface area (Å²) < 4.78 is 0. The number of nitrogens with one attached hydrogen (secondary N) is 1. The topological polar surface area (TPSA) is 32.3 Å². The first kappa shape index (κ1) is 18.0. The van der Waals surface area contributed by atoms with E-state index in [9.17, 15) is 4.79 Å². The maximum Gasteiger partial charge on any atom is 0.222 e. The molecule has 1 saturated heterocycles. The van der Waals surface area contributed by atoms with Crippen molar-refractivity contribution in [3.05, 3.63) is 35.4 Å². The van der Waals surface area contributed by atoms with Crippen LogP contribution in [0.1, 0.15) is 63.6 Å². The third kappa shape index (κ3) is 5.07. The lowest BCUT2D eigenvalue weighted by Gasteiger charge is -2.35. The summed E-state index contributed by atoms with van der Waals surface area (Å²) in [4.78, 5) is 13.8. The van der Waals surface area contributed by atoms with Gasteiger partial charge in [0.2, 0.25) is 5.91 Å². The Balaban J connectivity index is 2.00. The van der Waals surface area contributed by atoms with Crippen LogP contribution < -0.4 is 5.32 Å². The summed E-state index contributed by atoms with van der Waals surface area (Å²) >= 11 is 0. The molecule has 1 N–H and O–H groups in total. The van der Waals surface area contributed by atoms with Crippen LogP contribution in [0.4, 0.5) is 0 Å². The average Bonchev–Trinajstić information content (AvgIpc) is 2.54. The molecule has 0 aromatic heterocycles. The number of carbonyl (C=O) groups is 1. The second-order valence-electron chi connectivity index (χ2n) is 7.21. The van der Waals surface area contributed by atoms with Gasteiger partial charge in [-0.15, -0.1) is 0 Å². The van der Waals surface area contributed by atoms with Crippen LogP contribution in [0, 0.1) is 12.8 Å². The molecular formula is C20H32N2O. The molecule has 2 rings (SSSR count). The largest absolute Gasteiger partial charge is 0.343 e. The van der Waals surface area contributed by atoms with Gasteiger partial charge in [0, 0.05) is 31.6 Å². The number of nitrogens with zero attached hydrogens (tertiary/aromatic N) is 1. The summed E-state index contributed by atoms with van der Waals surface area (Å²) in [7, 11) is 0. The Hall–Kier alpha value is -1.35. The van der Waals surface area contributed by atoms with Crippen LogP contribution in [-0.2, 0) is 4.79 Å². The van der Waals surface area contributed by atoms with Crippen LogP contribution in [0.2, 0.25) is 0 Å². The lowest BCUT2D eigenvalue weighted by Crippen LogP contribution is -2.45. The van der Waals surface area contributed by atoms with E-state index in [-0.39, 0.29) is 0 Å². The van der Waals surface area contributed by atoms with Crippen molar-refractivity contribution < 1.29 is 4.79 Å². The number of likely N-dealkylation sites (tertiary alicyclic amines) is 1. The molecule has 1 aromatic carbocycles. The summed E-state index contributed by atoms with van der Waals surface area (Å²) in [5.74, 6) is 0.954. The van der Waals surface area contributed by atoms with Crippen LogP contribution in [0.15, 0.2) is 24.3 Å². The summed E-state index contributed by atoms with van der Waals surface area (Å²) in [6, 6.07) is 9.63. The van der Waals surface area contributed by atoms with E-state index in [2.05, 4.69) is 50.4 Å². The molecule has 0 aliphatic carbocycles. The van der Waals surface area contributed by atoms with Gasteiger partial charge in [0.1, 0.15) is 0 Å². The monoisotopic (exact) mass is 316 g/mol. The van der Waals surface area contributed by atoms with E-state index in [0.29, 0.717) is 30.3 Å². The molecule has 1 amide bonds. The molecule has 1 aromatic rings. The highest BCUT2D eigenvalue weighted by molar-refractivity contribution is 5.75. The standard InChI is InChI=1S/C20H32N2O/c1-5-20(23)22-12-10-17(11-13-22)21-19(14-15(2)3)18-9-7-6-8-16(18)4/h6-9,15,17,19,21H,5,10-14H2,1-4H3. The Morgan fingerprint density at radius 1 is 1.26 bits per heavy atom. The van der Waals surface area contributed by atoms with Crippen molar-refractivity contribution in [1.82, 2.24) is 10.2 Å². The van der Waals surface area contributed by atoms with Gasteiger partial charge in [-0.05, 0) is 43.2 Å². The number of hydrogen-bond acceptors (Lipinski definition) is 2. The summed E-state index contributed by atoms with van der Waals surface area (Å²) in [6.45, 7) is 10.5. The van der Waals surface area contributed by atoms with Crippen molar-refractivity contribution in [3.8, 4) is 0 Å². The molecule has 1 heterocycles. The van der Waals surface area contributed by atoms with Gasteiger partial charge in [-0.25, -0.2) is 0 Å². The van der Waals surface area contributed by atoms with E-state index in [1.165, 1.54) is 11.1 Å². The smallest absolute Gasteiger partial charge is 0.222 e. The van der Waals surface area contributed by atoms with Crippen molar-refractivity contribution in [3.63, 3.8) is 0 Å². The number of piperidine rings is 1. The Morgan fingerprint density at radius 2 is 1.91 bits per heavy atom.